The van der Waals surface area contributed by atoms with E-state index in [1.165, 1.54) is 0 Å². The van der Waals surface area contributed by atoms with Crippen molar-refractivity contribution in [1.82, 2.24) is 10.2 Å². The molecule has 0 aromatic heterocycles. The van der Waals surface area contributed by atoms with Crippen LogP contribution in [0.15, 0.2) is 59.8 Å². The number of hydrogen-bond acceptors (Lipinski definition) is 3. The van der Waals surface area contributed by atoms with E-state index in [9.17, 15) is 4.79 Å². The van der Waals surface area contributed by atoms with Gasteiger partial charge in [0.05, 0.1) is 6.04 Å². The van der Waals surface area contributed by atoms with Crippen molar-refractivity contribution in [2.45, 2.75) is 31.9 Å². The maximum absolute atomic E-state index is 12.7. The van der Waals surface area contributed by atoms with Gasteiger partial charge in [-0.05, 0) is 60.5 Å². The summed E-state index contributed by atoms with van der Waals surface area (Å²) in [7, 11) is 1.92. The smallest absolute Gasteiger partial charge is 0.173 e. The summed E-state index contributed by atoms with van der Waals surface area (Å²) < 4.78 is 5.96. The standard InChI is InChI=1S/C22H21ClN2O2S/c1-25-18-9-4-10-19(26)20(18)21(24-22(25)28)15-6-3-8-17(12-15)27-13-14-5-2-7-16(23)11-14/h2-3,5-8,11-12,21H,4,9-10,13H2,1H3,(H,24,28). The largest absolute Gasteiger partial charge is 0.489 e. The number of nitrogens with zero attached hydrogens (tertiary/aromatic N) is 1. The van der Waals surface area contributed by atoms with Crippen LogP contribution in [0, 0.1) is 0 Å². The molecule has 0 fully saturated rings. The van der Waals surface area contributed by atoms with E-state index in [0.717, 1.165) is 41.0 Å². The summed E-state index contributed by atoms with van der Waals surface area (Å²) in [5.41, 5.74) is 3.84. The van der Waals surface area contributed by atoms with Crippen LogP contribution in [-0.2, 0) is 11.4 Å². The van der Waals surface area contributed by atoms with E-state index >= 15 is 0 Å². The minimum atomic E-state index is -0.235. The van der Waals surface area contributed by atoms with Crippen LogP contribution in [-0.4, -0.2) is 22.8 Å². The molecule has 0 bridgehead atoms. The van der Waals surface area contributed by atoms with Gasteiger partial charge in [-0.15, -0.1) is 0 Å². The normalized spacial score (nSPS) is 19.4. The number of carbonyl (C=O) groups excluding carboxylic acids is 1. The molecular weight excluding hydrogens is 392 g/mol. The number of carbonyl (C=O) groups is 1. The number of allylic oxidation sites excluding steroid dienone is 1. The Morgan fingerprint density at radius 3 is 2.86 bits per heavy atom. The lowest BCUT2D eigenvalue weighted by Crippen LogP contribution is -2.47. The minimum absolute atomic E-state index is 0.193. The Balaban J connectivity index is 1.60. The quantitative estimate of drug-likeness (QED) is 0.731. The van der Waals surface area contributed by atoms with E-state index in [-0.39, 0.29) is 11.8 Å². The van der Waals surface area contributed by atoms with Crippen LogP contribution in [0.25, 0.3) is 0 Å². The van der Waals surface area contributed by atoms with Crippen LogP contribution in [0.1, 0.15) is 36.4 Å². The highest BCUT2D eigenvalue weighted by atomic mass is 35.5. The Labute approximate surface area is 175 Å². The zero-order valence-corrected chi connectivity index (χ0v) is 17.1. The average molecular weight is 413 g/mol. The molecule has 1 aliphatic heterocycles. The second-order valence-corrected chi connectivity index (χ2v) is 7.89. The fourth-order valence-electron chi connectivity index (χ4n) is 3.76. The number of nitrogens with one attached hydrogen (secondary N) is 1. The maximum Gasteiger partial charge on any atom is 0.173 e. The van der Waals surface area contributed by atoms with Crippen LogP contribution < -0.4 is 10.1 Å². The van der Waals surface area contributed by atoms with Gasteiger partial charge in [-0.1, -0.05) is 35.9 Å². The maximum atomic E-state index is 12.7. The van der Waals surface area contributed by atoms with Crippen LogP contribution in [0.5, 0.6) is 5.75 Å². The van der Waals surface area contributed by atoms with Crippen molar-refractivity contribution in [2.75, 3.05) is 7.05 Å². The minimum Gasteiger partial charge on any atom is -0.489 e. The Morgan fingerprint density at radius 2 is 2.04 bits per heavy atom. The molecule has 1 aliphatic carbocycles. The third-order valence-corrected chi connectivity index (χ3v) is 5.81. The summed E-state index contributed by atoms with van der Waals surface area (Å²) in [6.07, 6.45) is 2.34. The van der Waals surface area contributed by atoms with Crippen molar-refractivity contribution in [3.63, 3.8) is 0 Å². The van der Waals surface area contributed by atoms with Crippen LogP contribution in [0.4, 0.5) is 0 Å². The third kappa shape index (κ3) is 3.77. The first-order chi connectivity index (χ1) is 13.5. The predicted octanol–water partition coefficient (Wildman–Crippen LogP) is 4.79. The lowest BCUT2D eigenvalue weighted by atomic mass is 9.85. The molecule has 0 radical (unpaired) electrons. The molecule has 4 nitrogen and oxygen atoms in total. The summed E-state index contributed by atoms with van der Waals surface area (Å²) in [5, 5.41) is 4.66. The van der Waals surface area contributed by atoms with Crippen molar-refractivity contribution in [1.29, 1.82) is 0 Å². The second-order valence-electron chi connectivity index (χ2n) is 7.07. The van der Waals surface area contributed by atoms with Gasteiger partial charge >= 0.3 is 0 Å². The summed E-state index contributed by atoms with van der Waals surface area (Å²) in [5.74, 6) is 0.938. The summed E-state index contributed by atoms with van der Waals surface area (Å²) in [6.45, 7) is 0.427. The molecule has 0 saturated carbocycles. The van der Waals surface area contributed by atoms with Gasteiger partial charge in [-0.25, -0.2) is 0 Å². The first kappa shape index (κ1) is 19.0. The third-order valence-electron chi connectivity index (χ3n) is 5.18. The molecule has 2 aromatic carbocycles. The Kier molecular flexibility index (Phi) is 5.38. The number of benzene rings is 2. The monoisotopic (exact) mass is 412 g/mol. The molecule has 0 spiro atoms. The summed E-state index contributed by atoms with van der Waals surface area (Å²) >= 11 is 11.5. The van der Waals surface area contributed by atoms with Crippen molar-refractivity contribution in [3.8, 4) is 5.75 Å². The number of thiocarbonyl (C=S) groups is 1. The molecule has 4 rings (SSSR count). The Morgan fingerprint density at radius 1 is 1.21 bits per heavy atom. The topological polar surface area (TPSA) is 41.6 Å². The predicted molar refractivity (Wildman–Crippen MR) is 114 cm³/mol. The molecule has 0 saturated heterocycles. The summed E-state index contributed by atoms with van der Waals surface area (Å²) in [6, 6.07) is 15.2. The molecule has 28 heavy (non-hydrogen) atoms. The van der Waals surface area contributed by atoms with E-state index in [2.05, 4.69) is 5.32 Å². The van der Waals surface area contributed by atoms with E-state index in [4.69, 9.17) is 28.6 Å². The van der Waals surface area contributed by atoms with Gasteiger partial charge in [0, 0.05) is 29.8 Å². The molecule has 0 amide bonds. The fraction of sp³-hybridized carbons (Fsp3) is 0.273. The van der Waals surface area contributed by atoms with Gasteiger partial charge in [-0.2, -0.15) is 0 Å². The first-order valence-electron chi connectivity index (χ1n) is 9.30. The lowest BCUT2D eigenvalue weighted by molar-refractivity contribution is -0.116. The second kappa shape index (κ2) is 7.94. The van der Waals surface area contributed by atoms with E-state index < -0.39 is 0 Å². The average Bonchev–Trinajstić information content (AvgIpc) is 2.70. The van der Waals surface area contributed by atoms with Crippen LogP contribution >= 0.6 is 23.8 Å². The van der Waals surface area contributed by atoms with E-state index in [1.54, 1.807) is 0 Å². The van der Waals surface area contributed by atoms with Gasteiger partial charge in [0.15, 0.2) is 10.9 Å². The van der Waals surface area contributed by atoms with Gasteiger partial charge in [0.25, 0.3) is 0 Å². The molecule has 1 heterocycles. The van der Waals surface area contributed by atoms with Gasteiger partial charge in [0.1, 0.15) is 12.4 Å². The van der Waals surface area contributed by atoms with Gasteiger partial charge in [-0.3, -0.25) is 4.79 Å². The zero-order chi connectivity index (χ0) is 19.7. The lowest BCUT2D eigenvalue weighted by Gasteiger charge is -2.39. The summed E-state index contributed by atoms with van der Waals surface area (Å²) in [4.78, 5) is 14.6. The molecule has 144 valence electrons. The zero-order valence-electron chi connectivity index (χ0n) is 15.6. The van der Waals surface area contributed by atoms with Crippen molar-refractivity contribution < 1.29 is 9.53 Å². The van der Waals surface area contributed by atoms with E-state index in [1.807, 2.05) is 60.5 Å². The van der Waals surface area contributed by atoms with Gasteiger partial charge in [0.2, 0.25) is 0 Å². The molecule has 1 atom stereocenters. The number of hydrogen-bond donors (Lipinski definition) is 1. The molecule has 1 N–H and O–H groups in total. The van der Waals surface area contributed by atoms with Gasteiger partial charge < -0.3 is 15.0 Å². The molecule has 2 aliphatic rings. The Hall–Kier alpha value is -2.37. The van der Waals surface area contributed by atoms with E-state index in [0.29, 0.717) is 23.2 Å². The molecular formula is C22H21ClN2O2S. The fourth-order valence-corrected chi connectivity index (χ4v) is 4.21. The number of halogens is 1. The number of ketones is 1. The Bertz CT molecular complexity index is 973. The van der Waals surface area contributed by atoms with Crippen LogP contribution in [0.3, 0.4) is 0 Å². The molecule has 1 unspecified atom stereocenters. The molecule has 2 aromatic rings. The number of Topliss-reactive ketones (excluding diaryl/α,β-unsaturated/α-hetero) is 1. The van der Waals surface area contributed by atoms with Crippen LogP contribution in [0.2, 0.25) is 5.02 Å². The highest BCUT2D eigenvalue weighted by Crippen LogP contribution is 2.37. The number of rotatable bonds is 4. The highest BCUT2D eigenvalue weighted by Gasteiger charge is 2.35. The van der Waals surface area contributed by atoms with Crippen molar-refractivity contribution >= 4 is 34.7 Å². The first-order valence-corrected chi connectivity index (χ1v) is 10.1. The molecule has 6 heteroatoms. The van der Waals surface area contributed by atoms with Crippen molar-refractivity contribution in [2.24, 2.45) is 0 Å². The number of ether oxygens (including phenoxy) is 1. The highest BCUT2D eigenvalue weighted by molar-refractivity contribution is 7.80. The SMILES string of the molecule is CN1C(=S)NC(c2cccc(OCc3cccc(Cl)c3)c2)C2=C1CCCC2=O. The van der Waals surface area contributed by atoms with Crippen molar-refractivity contribution in [3.05, 3.63) is 76.0 Å².